The fourth-order valence-corrected chi connectivity index (χ4v) is 3.29. The van der Waals surface area contributed by atoms with E-state index in [9.17, 15) is 18.0 Å². The van der Waals surface area contributed by atoms with Crippen molar-refractivity contribution in [1.29, 1.82) is 0 Å². The van der Waals surface area contributed by atoms with Crippen LogP contribution in [-0.2, 0) is 19.3 Å². The second-order valence-corrected chi connectivity index (χ2v) is 7.73. The molecule has 2 N–H and O–H groups in total. The number of hydrogen-bond acceptors (Lipinski definition) is 6. The molecule has 1 aromatic heterocycles. The van der Waals surface area contributed by atoms with Gasteiger partial charge in [-0.15, -0.1) is 0 Å². The van der Waals surface area contributed by atoms with Crippen LogP contribution in [0.5, 0.6) is 0 Å². The Balaban J connectivity index is 2.22. The Hall–Kier alpha value is -1.71. The molecule has 0 bridgehead atoms. The lowest BCUT2D eigenvalue weighted by atomic mass is 10.1. The lowest BCUT2D eigenvalue weighted by molar-refractivity contribution is -0.100. The van der Waals surface area contributed by atoms with Crippen molar-refractivity contribution in [2.24, 2.45) is 0 Å². The molecular formula is C15H22N2O6S. The third-order valence-electron chi connectivity index (χ3n) is 3.91. The van der Waals surface area contributed by atoms with E-state index in [0.717, 1.165) is 12.3 Å². The monoisotopic (exact) mass is 358 g/mol. The van der Waals surface area contributed by atoms with Gasteiger partial charge in [0.15, 0.2) is 9.84 Å². The third kappa shape index (κ3) is 4.22. The summed E-state index contributed by atoms with van der Waals surface area (Å²) in [5.74, 6) is -0.754. The first-order valence-corrected chi connectivity index (χ1v) is 9.50. The van der Waals surface area contributed by atoms with Crippen LogP contribution in [0.15, 0.2) is 22.0 Å². The largest absolute Gasteiger partial charge is 0.376 e. The zero-order valence-corrected chi connectivity index (χ0v) is 14.5. The minimum Gasteiger partial charge on any atom is -0.376 e. The highest BCUT2D eigenvalue weighted by molar-refractivity contribution is 7.91. The summed E-state index contributed by atoms with van der Waals surface area (Å²) < 4.78 is 34.7. The minimum atomic E-state index is -3.52. The van der Waals surface area contributed by atoms with Gasteiger partial charge < -0.3 is 19.8 Å². The summed E-state index contributed by atoms with van der Waals surface area (Å²) in [5, 5.41) is 2.73. The van der Waals surface area contributed by atoms with Gasteiger partial charge in [-0.3, -0.25) is 9.59 Å². The molecule has 2 atom stereocenters. The Morgan fingerprint density at radius 3 is 2.75 bits per heavy atom. The quantitative estimate of drug-likeness (QED) is 0.745. The van der Waals surface area contributed by atoms with Crippen LogP contribution in [0, 0.1) is 0 Å². The van der Waals surface area contributed by atoms with Gasteiger partial charge in [-0.2, -0.15) is 0 Å². The van der Waals surface area contributed by atoms with Crippen LogP contribution >= 0.6 is 0 Å². The maximum atomic E-state index is 12.4. The Labute approximate surface area is 140 Å². The summed E-state index contributed by atoms with van der Waals surface area (Å²) in [4.78, 5) is 26.6. The van der Waals surface area contributed by atoms with Crippen molar-refractivity contribution < 1.29 is 22.7 Å². The summed E-state index contributed by atoms with van der Waals surface area (Å²) in [6.45, 7) is 4.69. The van der Waals surface area contributed by atoms with Gasteiger partial charge in [0, 0.05) is 6.20 Å². The first-order valence-electron chi connectivity index (χ1n) is 7.84. The third-order valence-corrected chi connectivity index (χ3v) is 5.62. The highest BCUT2D eigenvalue weighted by Gasteiger charge is 2.27. The van der Waals surface area contributed by atoms with E-state index >= 15 is 0 Å². The Morgan fingerprint density at radius 2 is 2.17 bits per heavy atom. The molecule has 0 radical (unpaired) electrons. The fraction of sp³-hybridized carbons (Fsp3) is 0.600. The van der Waals surface area contributed by atoms with Gasteiger partial charge in [0.05, 0.1) is 36.5 Å². The van der Waals surface area contributed by atoms with Gasteiger partial charge >= 0.3 is 0 Å². The standard InChI is InChI=1S/C15H22N2O6S/c1-3-12(13-9-22-5-6-23-13)17-15(19)11-7-10(8-16-14(11)18)24(20,21)4-2/h7-8,12-13H,3-6,9H2,1-2H3,(H,16,18)(H,17,19). The van der Waals surface area contributed by atoms with E-state index in [-0.39, 0.29) is 28.4 Å². The van der Waals surface area contributed by atoms with Gasteiger partial charge in [-0.1, -0.05) is 13.8 Å². The molecule has 9 heteroatoms. The number of H-pyrrole nitrogens is 1. The summed E-state index contributed by atoms with van der Waals surface area (Å²) in [6, 6.07) is 0.779. The van der Waals surface area contributed by atoms with Crippen LogP contribution in [-0.4, -0.2) is 57.0 Å². The van der Waals surface area contributed by atoms with Crippen molar-refractivity contribution in [1.82, 2.24) is 10.3 Å². The number of carbonyl (C=O) groups is 1. The van der Waals surface area contributed by atoms with Crippen molar-refractivity contribution in [3.8, 4) is 0 Å². The first kappa shape index (κ1) is 18.6. The number of carbonyl (C=O) groups excluding carboxylic acids is 1. The number of aromatic nitrogens is 1. The predicted molar refractivity (Wildman–Crippen MR) is 86.9 cm³/mol. The van der Waals surface area contributed by atoms with E-state index in [0.29, 0.717) is 26.2 Å². The number of pyridine rings is 1. The number of amides is 1. The van der Waals surface area contributed by atoms with E-state index in [1.807, 2.05) is 6.92 Å². The van der Waals surface area contributed by atoms with Gasteiger partial charge in [-0.05, 0) is 12.5 Å². The van der Waals surface area contributed by atoms with E-state index < -0.39 is 21.3 Å². The molecular weight excluding hydrogens is 336 g/mol. The minimum absolute atomic E-state index is 0.0833. The highest BCUT2D eigenvalue weighted by atomic mass is 32.2. The number of hydrogen-bond donors (Lipinski definition) is 2. The fourth-order valence-electron chi connectivity index (χ4n) is 2.42. The molecule has 24 heavy (non-hydrogen) atoms. The molecule has 1 saturated heterocycles. The van der Waals surface area contributed by atoms with E-state index in [1.54, 1.807) is 0 Å². The van der Waals surface area contributed by atoms with Gasteiger partial charge in [0.1, 0.15) is 11.7 Å². The molecule has 0 saturated carbocycles. The Morgan fingerprint density at radius 1 is 1.42 bits per heavy atom. The molecule has 1 aromatic rings. The maximum Gasteiger partial charge on any atom is 0.260 e. The summed E-state index contributed by atoms with van der Waals surface area (Å²) >= 11 is 0. The van der Waals surface area contributed by atoms with E-state index in [4.69, 9.17) is 9.47 Å². The molecule has 2 heterocycles. The van der Waals surface area contributed by atoms with Crippen LogP contribution in [0.1, 0.15) is 30.6 Å². The number of nitrogens with one attached hydrogen (secondary N) is 2. The molecule has 134 valence electrons. The SMILES string of the molecule is CCC(NC(=O)c1cc(S(=O)(=O)CC)c[nH]c1=O)C1COCCO1. The van der Waals surface area contributed by atoms with Gasteiger partial charge in [0.2, 0.25) is 0 Å². The molecule has 0 aromatic carbocycles. The molecule has 1 aliphatic rings. The zero-order valence-electron chi connectivity index (χ0n) is 13.7. The van der Waals surface area contributed by atoms with Crippen molar-refractivity contribution >= 4 is 15.7 Å². The first-order chi connectivity index (χ1) is 11.4. The predicted octanol–water partition coefficient (Wildman–Crippen LogP) is 0.0923. The second-order valence-electron chi connectivity index (χ2n) is 5.45. The number of sulfone groups is 1. The van der Waals surface area contributed by atoms with Crippen molar-refractivity contribution in [2.45, 2.75) is 37.3 Å². The Kier molecular flexibility index (Phi) is 6.14. The van der Waals surface area contributed by atoms with E-state index in [1.165, 1.54) is 6.92 Å². The maximum absolute atomic E-state index is 12.4. The molecule has 0 spiro atoms. The molecule has 2 rings (SSSR count). The molecule has 8 nitrogen and oxygen atoms in total. The van der Waals surface area contributed by atoms with Crippen LogP contribution < -0.4 is 10.9 Å². The normalized spacial score (nSPS) is 19.7. The lowest BCUT2D eigenvalue weighted by Gasteiger charge is -2.30. The molecule has 2 unspecified atom stereocenters. The van der Waals surface area contributed by atoms with Gasteiger partial charge in [-0.25, -0.2) is 8.42 Å². The average molecular weight is 358 g/mol. The molecule has 1 amide bonds. The average Bonchev–Trinajstić information content (AvgIpc) is 2.60. The van der Waals surface area contributed by atoms with Crippen molar-refractivity contribution in [3.63, 3.8) is 0 Å². The highest BCUT2D eigenvalue weighted by Crippen LogP contribution is 2.12. The summed E-state index contributed by atoms with van der Waals surface area (Å²) in [5.41, 5.74) is -0.877. The number of ether oxygens (including phenoxy) is 2. The van der Waals surface area contributed by atoms with Crippen LogP contribution in [0.3, 0.4) is 0 Å². The number of rotatable bonds is 6. The van der Waals surface area contributed by atoms with E-state index in [2.05, 4.69) is 10.3 Å². The summed E-state index contributed by atoms with van der Waals surface area (Å²) in [6.07, 6.45) is 1.40. The van der Waals surface area contributed by atoms with Gasteiger partial charge in [0.25, 0.3) is 11.5 Å². The van der Waals surface area contributed by atoms with Crippen molar-refractivity contribution in [3.05, 3.63) is 28.2 Å². The zero-order chi connectivity index (χ0) is 17.7. The Bertz CT molecular complexity index is 737. The van der Waals surface area contributed by atoms with Crippen LogP contribution in [0.25, 0.3) is 0 Å². The smallest absolute Gasteiger partial charge is 0.260 e. The summed E-state index contributed by atoms with van der Waals surface area (Å²) in [7, 11) is -3.52. The van der Waals surface area contributed by atoms with Crippen molar-refractivity contribution in [2.75, 3.05) is 25.6 Å². The molecule has 0 aliphatic carbocycles. The topological polar surface area (TPSA) is 115 Å². The number of aromatic amines is 1. The molecule has 1 aliphatic heterocycles. The van der Waals surface area contributed by atoms with Crippen LogP contribution in [0.2, 0.25) is 0 Å². The second kappa shape index (κ2) is 7.91. The van der Waals surface area contributed by atoms with Crippen LogP contribution in [0.4, 0.5) is 0 Å². The lowest BCUT2D eigenvalue weighted by Crippen LogP contribution is -2.49. The molecule has 1 fully saturated rings.